The highest BCUT2D eigenvalue weighted by atomic mass is 19.3. The Labute approximate surface area is 109 Å². The standard InChI is InChI=1S/C11H15F2N6/c12-11(13)2-4-19(6-11)10-16-7-15-9(17-10)18-3-1-8(14)5-18/h1,7-8H,2-6,14H2/t8-/m0/s1. The van der Waals surface area contributed by atoms with E-state index in [2.05, 4.69) is 15.0 Å². The Morgan fingerprint density at radius 3 is 2.58 bits per heavy atom. The molecule has 0 spiro atoms. The van der Waals surface area contributed by atoms with Gasteiger partial charge in [-0.15, -0.1) is 0 Å². The lowest BCUT2D eigenvalue weighted by Crippen LogP contribution is -2.30. The summed E-state index contributed by atoms with van der Waals surface area (Å²) in [6, 6.07) is -0.00339. The molecule has 0 aromatic carbocycles. The van der Waals surface area contributed by atoms with E-state index in [0.717, 1.165) is 0 Å². The van der Waals surface area contributed by atoms with Crippen LogP contribution in [0.2, 0.25) is 0 Å². The van der Waals surface area contributed by atoms with E-state index in [4.69, 9.17) is 5.73 Å². The van der Waals surface area contributed by atoms with Crippen molar-refractivity contribution in [1.29, 1.82) is 0 Å². The van der Waals surface area contributed by atoms with Crippen LogP contribution < -0.4 is 15.5 Å². The molecule has 2 saturated heterocycles. The normalized spacial score (nSPS) is 26.2. The van der Waals surface area contributed by atoms with Crippen molar-refractivity contribution in [2.75, 3.05) is 36.0 Å². The van der Waals surface area contributed by atoms with Gasteiger partial charge < -0.3 is 15.5 Å². The molecule has 3 heterocycles. The predicted octanol–water partition coefficient (Wildman–Crippen LogP) is 0.0686. The number of nitrogens with two attached hydrogens (primary N) is 1. The van der Waals surface area contributed by atoms with Gasteiger partial charge >= 0.3 is 0 Å². The monoisotopic (exact) mass is 269 g/mol. The first-order chi connectivity index (χ1) is 9.03. The lowest BCUT2D eigenvalue weighted by Gasteiger charge is -2.19. The van der Waals surface area contributed by atoms with E-state index in [1.54, 1.807) is 0 Å². The van der Waals surface area contributed by atoms with Crippen LogP contribution in [-0.4, -0.2) is 53.1 Å². The molecular formula is C11H15F2N6. The lowest BCUT2D eigenvalue weighted by atomic mass is 10.3. The number of aromatic nitrogens is 3. The van der Waals surface area contributed by atoms with Gasteiger partial charge in [0.15, 0.2) is 0 Å². The zero-order valence-corrected chi connectivity index (χ0v) is 10.3. The number of hydrogen-bond donors (Lipinski definition) is 1. The largest absolute Gasteiger partial charge is 0.339 e. The minimum Gasteiger partial charge on any atom is -0.339 e. The zero-order chi connectivity index (χ0) is 13.5. The molecule has 1 aromatic rings. The topological polar surface area (TPSA) is 71.2 Å². The quantitative estimate of drug-likeness (QED) is 0.819. The van der Waals surface area contributed by atoms with E-state index in [9.17, 15) is 8.78 Å². The molecule has 2 aliphatic heterocycles. The van der Waals surface area contributed by atoms with Gasteiger partial charge in [0.25, 0.3) is 5.92 Å². The third-order valence-electron chi connectivity index (χ3n) is 3.34. The van der Waals surface area contributed by atoms with Crippen LogP contribution in [0.3, 0.4) is 0 Å². The third-order valence-corrected chi connectivity index (χ3v) is 3.34. The van der Waals surface area contributed by atoms with E-state index in [1.807, 2.05) is 11.3 Å². The molecule has 3 rings (SSSR count). The Hall–Kier alpha value is -1.57. The first-order valence-electron chi connectivity index (χ1n) is 6.19. The summed E-state index contributed by atoms with van der Waals surface area (Å²) in [7, 11) is 0. The Balaban J connectivity index is 1.77. The van der Waals surface area contributed by atoms with Gasteiger partial charge in [-0.25, -0.2) is 18.7 Å². The van der Waals surface area contributed by atoms with Gasteiger partial charge in [-0.2, -0.15) is 4.98 Å². The molecule has 2 fully saturated rings. The maximum absolute atomic E-state index is 13.2. The highest BCUT2D eigenvalue weighted by Crippen LogP contribution is 2.29. The third kappa shape index (κ3) is 2.58. The fourth-order valence-electron chi connectivity index (χ4n) is 2.32. The van der Waals surface area contributed by atoms with Gasteiger partial charge in [-0.05, 0) is 6.42 Å². The second-order valence-electron chi connectivity index (χ2n) is 4.92. The molecule has 2 aliphatic rings. The second kappa shape index (κ2) is 4.52. The summed E-state index contributed by atoms with van der Waals surface area (Å²) in [6.07, 6.45) is 3.17. The summed E-state index contributed by atoms with van der Waals surface area (Å²) in [5.74, 6) is -1.86. The fraction of sp³-hybridized carbons (Fsp3) is 0.636. The number of alkyl halides is 2. The molecule has 2 N–H and O–H groups in total. The van der Waals surface area contributed by atoms with Gasteiger partial charge in [0.05, 0.1) is 6.54 Å². The highest BCUT2D eigenvalue weighted by Gasteiger charge is 2.39. The van der Waals surface area contributed by atoms with Crippen molar-refractivity contribution in [3.63, 3.8) is 0 Å². The SMILES string of the molecule is N[C@H]1[CH]CN(c2ncnc(N3CCC(F)(F)C3)n2)C1. The maximum Gasteiger partial charge on any atom is 0.267 e. The maximum atomic E-state index is 13.2. The molecule has 8 heteroatoms. The average Bonchev–Trinajstić information content (AvgIpc) is 2.96. The molecule has 19 heavy (non-hydrogen) atoms. The number of halogens is 2. The molecule has 1 atom stereocenters. The number of rotatable bonds is 2. The first-order valence-corrected chi connectivity index (χ1v) is 6.19. The molecule has 0 amide bonds. The van der Waals surface area contributed by atoms with Gasteiger partial charge in [-0.1, -0.05) is 0 Å². The van der Waals surface area contributed by atoms with Crippen LogP contribution in [0, 0.1) is 6.42 Å². The van der Waals surface area contributed by atoms with Crippen molar-refractivity contribution in [2.24, 2.45) is 5.73 Å². The van der Waals surface area contributed by atoms with E-state index < -0.39 is 5.92 Å². The van der Waals surface area contributed by atoms with Gasteiger partial charge in [0, 0.05) is 32.1 Å². The molecule has 103 valence electrons. The second-order valence-corrected chi connectivity index (χ2v) is 4.92. The lowest BCUT2D eigenvalue weighted by molar-refractivity contribution is 0.0256. The van der Waals surface area contributed by atoms with E-state index in [1.165, 1.54) is 11.2 Å². The summed E-state index contributed by atoms with van der Waals surface area (Å²) in [4.78, 5) is 15.7. The number of nitrogens with zero attached hydrogens (tertiary/aromatic N) is 5. The smallest absolute Gasteiger partial charge is 0.267 e. The summed E-state index contributed by atoms with van der Waals surface area (Å²) >= 11 is 0. The van der Waals surface area contributed by atoms with Crippen LogP contribution in [0.25, 0.3) is 0 Å². The van der Waals surface area contributed by atoms with Crippen molar-refractivity contribution >= 4 is 11.9 Å². The van der Waals surface area contributed by atoms with Crippen molar-refractivity contribution in [3.8, 4) is 0 Å². The van der Waals surface area contributed by atoms with Crippen molar-refractivity contribution in [3.05, 3.63) is 12.7 Å². The molecular weight excluding hydrogens is 254 g/mol. The summed E-state index contributed by atoms with van der Waals surface area (Å²) in [5.41, 5.74) is 5.78. The first kappa shape index (κ1) is 12.5. The van der Waals surface area contributed by atoms with Crippen LogP contribution in [0.15, 0.2) is 6.33 Å². The number of hydrogen-bond acceptors (Lipinski definition) is 6. The predicted molar refractivity (Wildman–Crippen MR) is 66.1 cm³/mol. The van der Waals surface area contributed by atoms with Crippen molar-refractivity contribution in [2.45, 2.75) is 18.4 Å². The summed E-state index contributed by atoms with van der Waals surface area (Å²) in [5, 5.41) is 0. The van der Waals surface area contributed by atoms with Crippen LogP contribution in [0.5, 0.6) is 0 Å². The molecule has 0 bridgehead atoms. The van der Waals surface area contributed by atoms with E-state index in [-0.39, 0.29) is 25.6 Å². The van der Waals surface area contributed by atoms with E-state index >= 15 is 0 Å². The highest BCUT2D eigenvalue weighted by molar-refractivity contribution is 5.41. The fourth-order valence-corrected chi connectivity index (χ4v) is 2.32. The molecule has 1 aromatic heterocycles. The van der Waals surface area contributed by atoms with Gasteiger partial charge in [0.1, 0.15) is 6.33 Å². The minimum atomic E-state index is -2.66. The van der Waals surface area contributed by atoms with Crippen LogP contribution in [0.4, 0.5) is 20.7 Å². The van der Waals surface area contributed by atoms with Gasteiger partial charge in [-0.3, -0.25) is 0 Å². The summed E-state index contributed by atoms with van der Waals surface area (Å²) < 4.78 is 26.4. The Kier molecular flexibility index (Phi) is 2.96. The molecule has 6 nitrogen and oxygen atoms in total. The summed E-state index contributed by atoms with van der Waals surface area (Å²) in [6.45, 7) is 1.24. The van der Waals surface area contributed by atoms with E-state index in [0.29, 0.717) is 25.0 Å². The van der Waals surface area contributed by atoms with Crippen LogP contribution in [-0.2, 0) is 0 Å². The number of anilines is 2. The minimum absolute atomic E-state index is 0.00339. The Morgan fingerprint density at radius 1 is 1.26 bits per heavy atom. The Morgan fingerprint density at radius 2 is 2.00 bits per heavy atom. The molecule has 0 unspecified atom stereocenters. The molecule has 0 aliphatic carbocycles. The molecule has 1 radical (unpaired) electrons. The van der Waals surface area contributed by atoms with Crippen molar-refractivity contribution < 1.29 is 8.78 Å². The average molecular weight is 269 g/mol. The van der Waals surface area contributed by atoms with Crippen LogP contribution >= 0.6 is 0 Å². The van der Waals surface area contributed by atoms with Gasteiger partial charge in [0.2, 0.25) is 11.9 Å². The van der Waals surface area contributed by atoms with Crippen molar-refractivity contribution in [1.82, 2.24) is 15.0 Å². The Bertz CT molecular complexity index is 468. The van der Waals surface area contributed by atoms with Crippen LogP contribution in [0.1, 0.15) is 6.42 Å². The zero-order valence-electron chi connectivity index (χ0n) is 10.3. The molecule has 0 saturated carbocycles.